The molecule has 0 spiro atoms. The highest BCUT2D eigenvalue weighted by molar-refractivity contribution is 7.13. The zero-order valence-electron chi connectivity index (χ0n) is 11.2. The van der Waals surface area contributed by atoms with Gasteiger partial charge in [-0.05, 0) is 6.07 Å². The van der Waals surface area contributed by atoms with E-state index < -0.39 is 17.9 Å². The fourth-order valence-corrected chi connectivity index (χ4v) is 2.44. The number of nitrogens with one attached hydrogen (secondary N) is 2. The minimum atomic E-state index is -4.63. The summed E-state index contributed by atoms with van der Waals surface area (Å²) >= 11 is 1.25. The molecular weight excluding hydrogens is 335 g/mol. The van der Waals surface area contributed by atoms with Crippen LogP contribution in [0.1, 0.15) is 22.1 Å². The predicted molar refractivity (Wildman–Crippen MR) is 72.4 cm³/mol. The zero-order valence-corrected chi connectivity index (χ0v) is 12.0. The van der Waals surface area contributed by atoms with Crippen molar-refractivity contribution < 1.29 is 22.4 Å². The van der Waals surface area contributed by atoms with E-state index in [0.29, 0.717) is 5.01 Å². The van der Waals surface area contributed by atoms with Gasteiger partial charge < -0.3 is 9.73 Å². The van der Waals surface area contributed by atoms with Crippen LogP contribution in [-0.4, -0.2) is 26.1 Å². The van der Waals surface area contributed by atoms with E-state index in [4.69, 9.17) is 4.42 Å². The van der Waals surface area contributed by atoms with E-state index in [9.17, 15) is 18.0 Å². The van der Waals surface area contributed by atoms with E-state index in [-0.39, 0.29) is 18.1 Å². The molecule has 23 heavy (non-hydrogen) atoms. The van der Waals surface area contributed by atoms with Crippen LogP contribution < -0.4 is 5.32 Å². The fraction of sp³-hybridized carbons (Fsp3) is 0.167. The lowest BCUT2D eigenvalue weighted by atomic mass is 10.3. The second-order valence-corrected chi connectivity index (χ2v) is 5.19. The second kappa shape index (κ2) is 5.83. The van der Waals surface area contributed by atoms with Crippen LogP contribution >= 0.6 is 11.3 Å². The van der Waals surface area contributed by atoms with Crippen LogP contribution in [0, 0.1) is 0 Å². The summed E-state index contributed by atoms with van der Waals surface area (Å²) < 4.78 is 42.0. The number of nitrogens with zero attached hydrogens (tertiary/aromatic N) is 3. The minimum absolute atomic E-state index is 0.101. The van der Waals surface area contributed by atoms with Gasteiger partial charge in [0.25, 0.3) is 11.7 Å². The minimum Gasteiger partial charge on any atom is -0.472 e. The number of alkyl halides is 3. The quantitative estimate of drug-likeness (QED) is 0.758. The van der Waals surface area contributed by atoms with E-state index in [2.05, 4.69) is 25.5 Å². The van der Waals surface area contributed by atoms with Crippen molar-refractivity contribution in [3.05, 3.63) is 41.3 Å². The summed E-state index contributed by atoms with van der Waals surface area (Å²) in [5.41, 5.74) is 0.890. The predicted octanol–water partition coefficient (Wildman–Crippen LogP) is 2.47. The molecule has 0 saturated carbocycles. The van der Waals surface area contributed by atoms with E-state index in [1.807, 2.05) is 0 Å². The van der Waals surface area contributed by atoms with Gasteiger partial charge in [0.2, 0.25) is 0 Å². The number of rotatable bonds is 4. The second-order valence-electron chi connectivity index (χ2n) is 4.34. The summed E-state index contributed by atoms with van der Waals surface area (Å²) in [6, 6.07) is 1.70. The van der Waals surface area contributed by atoms with Gasteiger partial charge in [-0.1, -0.05) is 0 Å². The molecular formula is C12H8F3N5O2S. The van der Waals surface area contributed by atoms with Gasteiger partial charge in [-0.25, -0.2) is 9.97 Å². The van der Waals surface area contributed by atoms with Crippen molar-refractivity contribution in [3.63, 3.8) is 0 Å². The SMILES string of the molecule is O=C(NCc1nc(C(F)(F)F)n[nH]1)c1csc(-c2ccoc2)n1. The number of furan rings is 1. The van der Waals surface area contributed by atoms with Crippen LogP contribution in [0.4, 0.5) is 13.2 Å². The molecule has 0 aliphatic heterocycles. The number of carbonyl (C=O) groups is 1. The average Bonchev–Trinajstić information content (AvgIpc) is 3.22. The number of thiazole rings is 1. The third-order valence-electron chi connectivity index (χ3n) is 2.71. The van der Waals surface area contributed by atoms with Crippen molar-refractivity contribution >= 4 is 17.2 Å². The first kappa shape index (κ1) is 15.2. The monoisotopic (exact) mass is 343 g/mol. The number of amides is 1. The van der Waals surface area contributed by atoms with Gasteiger partial charge in [0, 0.05) is 10.9 Å². The lowest BCUT2D eigenvalue weighted by Crippen LogP contribution is -2.23. The molecule has 3 aromatic rings. The van der Waals surface area contributed by atoms with E-state index in [0.717, 1.165) is 5.56 Å². The van der Waals surface area contributed by atoms with E-state index >= 15 is 0 Å². The smallest absolute Gasteiger partial charge is 0.453 e. The summed E-state index contributed by atoms with van der Waals surface area (Å²) in [5, 5.41) is 9.72. The molecule has 3 aromatic heterocycles. The average molecular weight is 343 g/mol. The van der Waals surface area contributed by atoms with Gasteiger partial charge in [-0.3, -0.25) is 9.89 Å². The van der Waals surface area contributed by atoms with Crippen LogP contribution in [0.2, 0.25) is 0 Å². The molecule has 3 heterocycles. The molecule has 0 aliphatic carbocycles. The number of aromatic amines is 1. The number of hydrogen-bond donors (Lipinski definition) is 2. The Bertz CT molecular complexity index is 809. The number of halogens is 3. The molecule has 0 aromatic carbocycles. The fourth-order valence-electron chi connectivity index (χ4n) is 1.65. The number of carbonyl (C=O) groups excluding carboxylic acids is 1. The maximum absolute atomic E-state index is 12.4. The molecule has 0 aliphatic rings. The molecule has 0 bridgehead atoms. The topological polar surface area (TPSA) is 96.7 Å². The summed E-state index contributed by atoms with van der Waals surface area (Å²) in [5.74, 6) is -1.91. The Morgan fingerprint density at radius 2 is 2.22 bits per heavy atom. The third-order valence-corrected chi connectivity index (χ3v) is 3.60. The Balaban J connectivity index is 1.63. The Hall–Kier alpha value is -2.69. The van der Waals surface area contributed by atoms with Crippen molar-refractivity contribution in [3.8, 4) is 10.6 Å². The maximum Gasteiger partial charge on any atom is 0.453 e. The number of H-pyrrole nitrogens is 1. The first-order chi connectivity index (χ1) is 10.9. The van der Waals surface area contributed by atoms with Crippen LogP contribution in [-0.2, 0) is 12.7 Å². The molecule has 0 unspecified atom stereocenters. The van der Waals surface area contributed by atoms with Crippen LogP contribution in [0.25, 0.3) is 10.6 Å². The van der Waals surface area contributed by atoms with Crippen molar-refractivity contribution in [2.75, 3.05) is 0 Å². The van der Waals surface area contributed by atoms with Crippen molar-refractivity contribution in [1.82, 2.24) is 25.5 Å². The highest BCUT2D eigenvalue weighted by Crippen LogP contribution is 2.26. The van der Waals surface area contributed by atoms with Gasteiger partial charge >= 0.3 is 6.18 Å². The Morgan fingerprint density at radius 1 is 1.39 bits per heavy atom. The van der Waals surface area contributed by atoms with E-state index in [1.165, 1.54) is 23.9 Å². The van der Waals surface area contributed by atoms with Gasteiger partial charge in [-0.15, -0.1) is 16.4 Å². The molecule has 1 amide bonds. The van der Waals surface area contributed by atoms with Crippen LogP contribution in [0.3, 0.4) is 0 Å². The summed E-state index contributed by atoms with van der Waals surface area (Å²) in [6.45, 7) is -0.222. The maximum atomic E-state index is 12.4. The van der Waals surface area contributed by atoms with E-state index in [1.54, 1.807) is 11.4 Å². The summed E-state index contributed by atoms with van der Waals surface area (Å²) in [7, 11) is 0. The largest absolute Gasteiger partial charge is 0.472 e. The molecule has 120 valence electrons. The lowest BCUT2D eigenvalue weighted by Gasteiger charge is -2.00. The molecule has 0 radical (unpaired) electrons. The molecule has 0 fully saturated rings. The Kier molecular flexibility index (Phi) is 3.86. The highest BCUT2D eigenvalue weighted by atomic mass is 32.1. The lowest BCUT2D eigenvalue weighted by molar-refractivity contribution is -0.144. The molecule has 2 N–H and O–H groups in total. The van der Waals surface area contributed by atoms with Gasteiger partial charge in [0.1, 0.15) is 22.8 Å². The van der Waals surface area contributed by atoms with Crippen molar-refractivity contribution in [2.24, 2.45) is 0 Å². The van der Waals surface area contributed by atoms with Gasteiger partial charge in [0.05, 0.1) is 12.8 Å². The summed E-state index contributed by atoms with van der Waals surface area (Å²) in [6.07, 6.45) is -1.65. The molecule has 0 saturated heterocycles. The first-order valence-corrected chi connectivity index (χ1v) is 7.06. The van der Waals surface area contributed by atoms with Crippen molar-refractivity contribution in [2.45, 2.75) is 12.7 Å². The highest BCUT2D eigenvalue weighted by Gasteiger charge is 2.36. The zero-order chi connectivity index (χ0) is 16.4. The Labute approximate surface area is 130 Å². The van der Waals surface area contributed by atoms with Crippen LogP contribution in [0.5, 0.6) is 0 Å². The number of aromatic nitrogens is 4. The molecule has 3 rings (SSSR count). The summed E-state index contributed by atoms with van der Waals surface area (Å²) in [4.78, 5) is 19.3. The van der Waals surface area contributed by atoms with Gasteiger partial charge in [0.15, 0.2) is 0 Å². The van der Waals surface area contributed by atoms with Gasteiger partial charge in [-0.2, -0.15) is 13.2 Å². The normalized spacial score (nSPS) is 11.6. The molecule has 7 nitrogen and oxygen atoms in total. The first-order valence-electron chi connectivity index (χ1n) is 6.18. The number of hydrogen-bond acceptors (Lipinski definition) is 6. The van der Waals surface area contributed by atoms with Crippen molar-refractivity contribution in [1.29, 1.82) is 0 Å². The Morgan fingerprint density at radius 3 is 2.87 bits per heavy atom. The molecule has 0 atom stereocenters. The van der Waals surface area contributed by atoms with Crippen LogP contribution in [0.15, 0.2) is 28.4 Å². The molecule has 11 heteroatoms. The third kappa shape index (κ3) is 3.39. The standard InChI is InChI=1S/C12H8F3N5O2S/c13-12(14,15)11-18-8(19-20-11)3-16-9(21)7-5-23-10(17-7)6-1-2-22-4-6/h1-2,4-5H,3H2,(H,16,21)(H,18,19,20).